The predicted molar refractivity (Wildman–Crippen MR) is 83.8 cm³/mol. The van der Waals surface area contributed by atoms with E-state index in [0.717, 1.165) is 16.7 Å². The third-order valence-electron chi connectivity index (χ3n) is 3.78. The van der Waals surface area contributed by atoms with Crippen LogP contribution in [0.15, 0.2) is 59.6 Å². The number of aliphatic hydroxyl groups is 1. The molecule has 2 aromatic carbocycles. The maximum Gasteiger partial charge on any atom is 0.343 e. The summed E-state index contributed by atoms with van der Waals surface area (Å²) in [5, 5.41) is 9.76. The molecule has 4 heteroatoms. The second kappa shape index (κ2) is 5.73. The minimum Gasteiger partial charge on any atom is -0.405 e. The Hall–Kier alpha value is -2.46. The fourth-order valence-electron chi connectivity index (χ4n) is 2.46. The summed E-state index contributed by atoms with van der Waals surface area (Å²) in [6.45, 7) is 1.62. The van der Waals surface area contributed by atoms with E-state index in [2.05, 4.69) is 4.99 Å². The van der Waals surface area contributed by atoms with Gasteiger partial charge in [0.1, 0.15) is 0 Å². The monoisotopic (exact) mass is 295 g/mol. The topological polar surface area (TPSA) is 58.9 Å². The van der Waals surface area contributed by atoms with Gasteiger partial charge in [0.05, 0.1) is 6.61 Å². The molecule has 3 rings (SSSR count). The zero-order valence-electron chi connectivity index (χ0n) is 12.3. The molecule has 0 aromatic heterocycles. The van der Waals surface area contributed by atoms with E-state index in [1.807, 2.05) is 61.5 Å². The Morgan fingerprint density at radius 1 is 1.09 bits per heavy atom. The molecule has 22 heavy (non-hydrogen) atoms. The predicted octanol–water partition coefficient (Wildman–Crippen LogP) is 2.27. The van der Waals surface area contributed by atoms with Crippen LogP contribution in [0.5, 0.6) is 0 Å². The van der Waals surface area contributed by atoms with Crippen molar-refractivity contribution in [3.63, 3.8) is 0 Å². The van der Waals surface area contributed by atoms with Gasteiger partial charge in [-0.2, -0.15) is 0 Å². The Morgan fingerprint density at radius 2 is 1.77 bits per heavy atom. The molecule has 112 valence electrons. The van der Waals surface area contributed by atoms with Gasteiger partial charge in [-0.3, -0.25) is 0 Å². The Balaban J connectivity index is 1.93. The maximum atomic E-state index is 12.3. The molecule has 0 saturated carbocycles. The van der Waals surface area contributed by atoms with Crippen molar-refractivity contribution in [3.8, 4) is 0 Å². The molecular formula is C18H17NO3. The molecule has 2 aromatic rings. The van der Waals surface area contributed by atoms with Gasteiger partial charge in [0.2, 0.25) is 5.90 Å². The summed E-state index contributed by atoms with van der Waals surface area (Å²) in [5.41, 5.74) is 1.56. The van der Waals surface area contributed by atoms with Crippen molar-refractivity contribution < 1.29 is 14.6 Å². The number of carbonyl (C=O) groups excluding carboxylic acids is 1. The minimum atomic E-state index is -1.25. The van der Waals surface area contributed by atoms with Crippen molar-refractivity contribution in [2.24, 2.45) is 4.99 Å². The highest BCUT2D eigenvalue weighted by Crippen LogP contribution is 2.27. The van der Waals surface area contributed by atoms with E-state index in [0.29, 0.717) is 6.42 Å². The molecule has 0 amide bonds. The lowest BCUT2D eigenvalue weighted by Crippen LogP contribution is -2.40. The van der Waals surface area contributed by atoms with Gasteiger partial charge in [-0.05, 0) is 24.6 Å². The number of cyclic esters (lactones) is 1. The molecule has 1 unspecified atom stereocenters. The Labute approximate surface area is 129 Å². The second-order valence-corrected chi connectivity index (χ2v) is 5.52. The molecule has 0 aliphatic carbocycles. The number of esters is 1. The summed E-state index contributed by atoms with van der Waals surface area (Å²) in [4.78, 5) is 16.7. The lowest BCUT2D eigenvalue weighted by atomic mass is 9.92. The van der Waals surface area contributed by atoms with Crippen LogP contribution >= 0.6 is 0 Å². The fraction of sp³-hybridized carbons (Fsp3) is 0.222. The molecule has 4 nitrogen and oxygen atoms in total. The fourth-order valence-corrected chi connectivity index (χ4v) is 2.46. The first-order valence-corrected chi connectivity index (χ1v) is 7.17. The van der Waals surface area contributed by atoms with Crippen LogP contribution in [-0.2, 0) is 16.0 Å². The van der Waals surface area contributed by atoms with Gasteiger partial charge in [0, 0.05) is 12.0 Å². The summed E-state index contributed by atoms with van der Waals surface area (Å²) in [6.07, 6.45) is 0.318. The van der Waals surface area contributed by atoms with Gasteiger partial charge in [-0.1, -0.05) is 48.0 Å². The molecule has 0 bridgehead atoms. The lowest BCUT2D eigenvalue weighted by molar-refractivity contribution is -0.140. The van der Waals surface area contributed by atoms with Crippen molar-refractivity contribution in [1.29, 1.82) is 0 Å². The smallest absolute Gasteiger partial charge is 0.343 e. The molecule has 1 N–H and O–H groups in total. The van der Waals surface area contributed by atoms with Crippen LogP contribution in [0.2, 0.25) is 0 Å². The SMILES string of the molecule is Cc1ccc(CC2(CO)N=C(c3ccccc3)OC2=O)cc1. The van der Waals surface area contributed by atoms with Crippen LogP contribution in [0, 0.1) is 6.92 Å². The first-order valence-electron chi connectivity index (χ1n) is 7.17. The van der Waals surface area contributed by atoms with Crippen molar-refractivity contribution in [3.05, 3.63) is 71.3 Å². The van der Waals surface area contributed by atoms with E-state index in [-0.39, 0.29) is 12.5 Å². The van der Waals surface area contributed by atoms with E-state index >= 15 is 0 Å². The summed E-state index contributed by atoms with van der Waals surface area (Å²) < 4.78 is 5.30. The third-order valence-corrected chi connectivity index (χ3v) is 3.78. The van der Waals surface area contributed by atoms with Crippen LogP contribution in [0.4, 0.5) is 0 Å². The molecule has 0 spiro atoms. The molecule has 1 aliphatic rings. The molecule has 0 fully saturated rings. The maximum absolute atomic E-state index is 12.3. The average molecular weight is 295 g/mol. The number of hydrogen-bond acceptors (Lipinski definition) is 4. The number of nitrogens with zero attached hydrogens (tertiary/aromatic N) is 1. The number of rotatable bonds is 4. The standard InChI is InChI=1S/C18H17NO3/c1-13-7-9-14(10-8-13)11-18(12-20)17(21)22-16(19-18)15-5-3-2-4-6-15/h2-10,20H,11-12H2,1H3. The first-order chi connectivity index (χ1) is 10.6. The van der Waals surface area contributed by atoms with Crippen LogP contribution < -0.4 is 0 Å². The molecule has 0 radical (unpaired) electrons. The van der Waals surface area contributed by atoms with Crippen molar-refractivity contribution >= 4 is 11.9 Å². The lowest BCUT2D eigenvalue weighted by Gasteiger charge is -2.19. The normalized spacial score (nSPS) is 20.6. The van der Waals surface area contributed by atoms with Crippen molar-refractivity contribution in [2.45, 2.75) is 18.9 Å². The molecule has 1 heterocycles. The third kappa shape index (κ3) is 2.65. The van der Waals surface area contributed by atoms with E-state index in [4.69, 9.17) is 4.74 Å². The van der Waals surface area contributed by atoms with Gasteiger partial charge in [-0.15, -0.1) is 0 Å². The summed E-state index contributed by atoms with van der Waals surface area (Å²) in [5.74, 6) is -0.235. The van der Waals surface area contributed by atoms with Gasteiger partial charge in [0.15, 0.2) is 5.54 Å². The molecule has 1 atom stereocenters. The first kappa shape index (κ1) is 14.5. The number of benzene rings is 2. The van der Waals surface area contributed by atoms with Crippen LogP contribution in [0.25, 0.3) is 0 Å². The van der Waals surface area contributed by atoms with Gasteiger partial charge >= 0.3 is 5.97 Å². The highest BCUT2D eigenvalue weighted by atomic mass is 16.6. The highest BCUT2D eigenvalue weighted by Gasteiger charge is 2.46. The quantitative estimate of drug-likeness (QED) is 0.880. The van der Waals surface area contributed by atoms with Crippen LogP contribution in [-0.4, -0.2) is 29.1 Å². The largest absolute Gasteiger partial charge is 0.405 e. The van der Waals surface area contributed by atoms with E-state index in [9.17, 15) is 9.90 Å². The number of carbonyl (C=O) groups is 1. The van der Waals surface area contributed by atoms with Crippen LogP contribution in [0.3, 0.4) is 0 Å². The van der Waals surface area contributed by atoms with Gasteiger partial charge in [-0.25, -0.2) is 9.79 Å². The van der Waals surface area contributed by atoms with Crippen molar-refractivity contribution in [1.82, 2.24) is 0 Å². The Morgan fingerprint density at radius 3 is 2.41 bits per heavy atom. The molecule has 0 saturated heterocycles. The van der Waals surface area contributed by atoms with E-state index in [1.165, 1.54) is 0 Å². The summed E-state index contributed by atoms with van der Waals surface area (Å²) in [7, 11) is 0. The van der Waals surface area contributed by atoms with E-state index < -0.39 is 11.5 Å². The molecular weight excluding hydrogens is 278 g/mol. The summed E-state index contributed by atoms with van der Waals surface area (Å²) >= 11 is 0. The molecule has 1 aliphatic heterocycles. The summed E-state index contributed by atoms with van der Waals surface area (Å²) in [6, 6.07) is 17.1. The minimum absolute atomic E-state index is 0.270. The number of hydrogen-bond donors (Lipinski definition) is 1. The number of aliphatic hydroxyl groups excluding tert-OH is 1. The number of aliphatic imine (C=N–C) groups is 1. The zero-order valence-corrected chi connectivity index (χ0v) is 12.3. The number of aryl methyl sites for hydroxylation is 1. The van der Waals surface area contributed by atoms with E-state index in [1.54, 1.807) is 0 Å². The van der Waals surface area contributed by atoms with Crippen molar-refractivity contribution in [2.75, 3.05) is 6.61 Å². The second-order valence-electron chi connectivity index (χ2n) is 5.52. The average Bonchev–Trinajstić information content (AvgIpc) is 2.88. The zero-order chi connectivity index (χ0) is 15.6. The highest BCUT2D eigenvalue weighted by molar-refractivity contribution is 6.08. The van der Waals surface area contributed by atoms with Gasteiger partial charge in [0.25, 0.3) is 0 Å². The van der Waals surface area contributed by atoms with Gasteiger partial charge < -0.3 is 9.84 Å². The Bertz CT molecular complexity index is 707. The number of ether oxygens (including phenoxy) is 1. The Kier molecular flexibility index (Phi) is 3.77. The van der Waals surface area contributed by atoms with Crippen LogP contribution in [0.1, 0.15) is 16.7 Å².